The number of benzene rings is 1. The van der Waals surface area contributed by atoms with Crippen molar-refractivity contribution in [1.82, 2.24) is 10.0 Å². The Balaban J connectivity index is 3.09. The molecule has 0 spiro atoms. The van der Waals surface area contributed by atoms with E-state index in [2.05, 4.69) is 5.32 Å². The molecule has 0 aromatic heterocycles. The third-order valence-corrected chi connectivity index (χ3v) is 3.55. The van der Waals surface area contributed by atoms with Crippen molar-refractivity contribution in [3.63, 3.8) is 0 Å². The van der Waals surface area contributed by atoms with Gasteiger partial charge in [0.15, 0.2) is 0 Å². The van der Waals surface area contributed by atoms with Crippen LogP contribution in [-0.2, 0) is 10.0 Å². The predicted molar refractivity (Wildman–Crippen MR) is 68.8 cm³/mol. The van der Waals surface area contributed by atoms with E-state index in [1.165, 1.54) is 6.07 Å². The summed E-state index contributed by atoms with van der Waals surface area (Å²) in [6.07, 6.45) is 0. The zero-order chi connectivity index (χ0) is 14.6. The minimum absolute atomic E-state index is 0.0782. The fourth-order valence-corrected chi connectivity index (χ4v) is 2.36. The molecule has 0 unspecified atom stereocenters. The maximum Gasteiger partial charge on any atom is 0.328 e. The number of hydrogen-bond donors (Lipinski definition) is 4. The van der Waals surface area contributed by atoms with Crippen LogP contribution in [0.1, 0.15) is 17.3 Å². The summed E-state index contributed by atoms with van der Waals surface area (Å²) in [5.41, 5.74) is 10.5. The minimum Gasteiger partial charge on any atom is -0.398 e. The summed E-state index contributed by atoms with van der Waals surface area (Å²) in [4.78, 5) is 21.8. The molecule has 6 N–H and O–H groups in total. The fraction of sp³-hybridized carbons (Fsp3) is 0.200. The van der Waals surface area contributed by atoms with E-state index >= 15 is 0 Å². The van der Waals surface area contributed by atoms with Crippen molar-refractivity contribution in [1.29, 1.82) is 0 Å². The van der Waals surface area contributed by atoms with E-state index in [0.29, 0.717) is 0 Å². The number of carbonyl (C=O) groups is 2. The van der Waals surface area contributed by atoms with E-state index in [1.54, 1.807) is 11.6 Å². The average molecular weight is 286 g/mol. The van der Waals surface area contributed by atoms with Crippen LogP contribution < -0.4 is 21.5 Å². The Morgan fingerprint density at radius 3 is 2.42 bits per heavy atom. The number of urea groups is 1. The quantitative estimate of drug-likeness (QED) is 0.545. The second kappa shape index (κ2) is 5.57. The van der Waals surface area contributed by atoms with Gasteiger partial charge in [-0.3, -0.25) is 4.79 Å². The highest BCUT2D eigenvalue weighted by Crippen LogP contribution is 2.19. The maximum atomic E-state index is 11.9. The van der Waals surface area contributed by atoms with Crippen molar-refractivity contribution in [2.24, 2.45) is 5.73 Å². The van der Waals surface area contributed by atoms with Crippen molar-refractivity contribution in [2.75, 3.05) is 12.3 Å². The molecule has 0 radical (unpaired) electrons. The highest BCUT2D eigenvalue weighted by atomic mass is 32.2. The van der Waals surface area contributed by atoms with Gasteiger partial charge in [0.1, 0.15) is 4.90 Å². The zero-order valence-corrected chi connectivity index (χ0v) is 11.0. The van der Waals surface area contributed by atoms with Crippen LogP contribution in [0.15, 0.2) is 23.1 Å². The van der Waals surface area contributed by atoms with Gasteiger partial charge in [-0.1, -0.05) is 0 Å². The number of hydrogen-bond acceptors (Lipinski definition) is 5. The lowest BCUT2D eigenvalue weighted by Gasteiger charge is -2.10. The standard InChI is InChI=1S/C10H14N4O4S/c1-2-13-10(16)14-19(17,18)8-4-3-6(9(12)15)5-7(8)11/h3-5H,2,11H2,1H3,(H2,12,15)(H2,13,14,16). The fourth-order valence-electron chi connectivity index (χ4n) is 1.32. The summed E-state index contributed by atoms with van der Waals surface area (Å²) >= 11 is 0. The lowest BCUT2D eigenvalue weighted by Crippen LogP contribution is -2.39. The number of nitrogens with one attached hydrogen (secondary N) is 2. The molecule has 1 aromatic carbocycles. The summed E-state index contributed by atoms with van der Waals surface area (Å²) in [5, 5.41) is 2.28. The van der Waals surface area contributed by atoms with Crippen LogP contribution in [0.25, 0.3) is 0 Å². The number of nitrogen functional groups attached to an aromatic ring is 1. The van der Waals surface area contributed by atoms with Crippen LogP contribution in [0.3, 0.4) is 0 Å². The summed E-state index contributed by atoms with van der Waals surface area (Å²) in [5.74, 6) is -0.729. The molecule has 0 atom stereocenters. The first-order chi connectivity index (χ1) is 8.77. The van der Waals surface area contributed by atoms with Crippen molar-refractivity contribution in [3.8, 4) is 0 Å². The molecule has 9 heteroatoms. The van der Waals surface area contributed by atoms with E-state index in [9.17, 15) is 18.0 Å². The molecule has 0 aliphatic heterocycles. The van der Waals surface area contributed by atoms with Gasteiger partial charge in [-0.2, -0.15) is 0 Å². The number of amides is 3. The molecule has 1 rings (SSSR count). The molecule has 19 heavy (non-hydrogen) atoms. The van der Waals surface area contributed by atoms with E-state index in [0.717, 1.165) is 12.1 Å². The van der Waals surface area contributed by atoms with Crippen LogP contribution in [0.2, 0.25) is 0 Å². The van der Waals surface area contributed by atoms with Crippen molar-refractivity contribution < 1.29 is 18.0 Å². The Morgan fingerprint density at radius 2 is 1.95 bits per heavy atom. The van der Waals surface area contributed by atoms with E-state index in [-0.39, 0.29) is 22.7 Å². The van der Waals surface area contributed by atoms with Gasteiger partial charge in [0, 0.05) is 12.1 Å². The highest BCUT2D eigenvalue weighted by Gasteiger charge is 2.20. The maximum absolute atomic E-state index is 11.9. The van der Waals surface area contributed by atoms with Gasteiger partial charge in [-0.05, 0) is 25.1 Å². The molecule has 0 fully saturated rings. The van der Waals surface area contributed by atoms with Gasteiger partial charge >= 0.3 is 6.03 Å². The predicted octanol–water partition coefficient (Wildman–Crippen LogP) is -0.624. The monoisotopic (exact) mass is 286 g/mol. The van der Waals surface area contributed by atoms with Crippen LogP contribution in [-0.4, -0.2) is 26.9 Å². The average Bonchev–Trinajstić information content (AvgIpc) is 2.27. The number of rotatable bonds is 4. The molecule has 0 aliphatic carbocycles. The Morgan fingerprint density at radius 1 is 1.32 bits per heavy atom. The van der Waals surface area contributed by atoms with Gasteiger partial charge < -0.3 is 16.8 Å². The third-order valence-electron chi connectivity index (χ3n) is 2.15. The third kappa shape index (κ3) is 3.58. The lowest BCUT2D eigenvalue weighted by molar-refractivity contribution is 0.1000. The molecule has 0 saturated heterocycles. The Kier molecular flexibility index (Phi) is 4.33. The van der Waals surface area contributed by atoms with Gasteiger partial charge in [0.2, 0.25) is 5.91 Å². The molecule has 0 heterocycles. The SMILES string of the molecule is CCNC(=O)NS(=O)(=O)c1ccc(C(N)=O)cc1N. The zero-order valence-electron chi connectivity index (χ0n) is 10.1. The van der Waals surface area contributed by atoms with Crippen LogP contribution in [0.5, 0.6) is 0 Å². The molecule has 8 nitrogen and oxygen atoms in total. The summed E-state index contributed by atoms with van der Waals surface area (Å²) in [7, 11) is -4.09. The van der Waals surface area contributed by atoms with E-state index in [4.69, 9.17) is 11.5 Å². The first-order valence-corrected chi connectivity index (χ1v) is 6.76. The van der Waals surface area contributed by atoms with Gasteiger partial charge in [0.05, 0.1) is 5.69 Å². The number of anilines is 1. The van der Waals surface area contributed by atoms with Crippen molar-refractivity contribution in [3.05, 3.63) is 23.8 Å². The molecular formula is C10H14N4O4S. The Labute approximate surface area is 110 Å². The molecule has 3 amide bonds. The number of carbonyl (C=O) groups excluding carboxylic acids is 2. The van der Waals surface area contributed by atoms with Crippen LogP contribution in [0, 0.1) is 0 Å². The second-order valence-corrected chi connectivity index (χ2v) is 5.23. The lowest BCUT2D eigenvalue weighted by atomic mass is 10.2. The minimum atomic E-state index is -4.09. The molecular weight excluding hydrogens is 272 g/mol. The number of primary amides is 1. The summed E-state index contributed by atoms with van der Waals surface area (Å²) < 4.78 is 25.5. The number of sulfonamides is 1. The molecule has 0 saturated carbocycles. The highest BCUT2D eigenvalue weighted by molar-refractivity contribution is 7.90. The first-order valence-electron chi connectivity index (χ1n) is 5.28. The number of nitrogens with two attached hydrogens (primary N) is 2. The van der Waals surface area contributed by atoms with E-state index < -0.39 is 22.0 Å². The largest absolute Gasteiger partial charge is 0.398 e. The van der Waals surface area contributed by atoms with Crippen LogP contribution in [0.4, 0.5) is 10.5 Å². The van der Waals surface area contributed by atoms with Crippen molar-refractivity contribution in [2.45, 2.75) is 11.8 Å². The molecule has 104 valence electrons. The van der Waals surface area contributed by atoms with Crippen molar-refractivity contribution >= 4 is 27.6 Å². The summed E-state index contributed by atoms with van der Waals surface area (Å²) in [6.45, 7) is 1.92. The normalized spacial score (nSPS) is 10.8. The molecule has 1 aromatic rings. The van der Waals surface area contributed by atoms with Gasteiger partial charge in [-0.25, -0.2) is 17.9 Å². The van der Waals surface area contributed by atoms with Gasteiger partial charge in [0.25, 0.3) is 10.0 Å². The molecule has 0 bridgehead atoms. The summed E-state index contributed by atoms with van der Waals surface area (Å²) in [6, 6.07) is 2.59. The topological polar surface area (TPSA) is 144 Å². The smallest absolute Gasteiger partial charge is 0.328 e. The van der Waals surface area contributed by atoms with Gasteiger partial charge in [-0.15, -0.1) is 0 Å². The molecule has 0 aliphatic rings. The Hall–Kier alpha value is -2.29. The first kappa shape index (κ1) is 14.8. The second-order valence-electron chi connectivity index (χ2n) is 3.58. The van der Waals surface area contributed by atoms with Crippen LogP contribution >= 0.6 is 0 Å². The van der Waals surface area contributed by atoms with E-state index in [1.807, 2.05) is 0 Å². The Bertz CT molecular complexity index is 612.